The van der Waals surface area contributed by atoms with Crippen molar-refractivity contribution in [2.24, 2.45) is 4.99 Å². The molecule has 1 atom stereocenters. The first-order chi connectivity index (χ1) is 12.2. The van der Waals surface area contributed by atoms with Gasteiger partial charge in [-0.05, 0) is 36.4 Å². The van der Waals surface area contributed by atoms with E-state index in [-0.39, 0.29) is 5.82 Å². The van der Waals surface area contributed by atoms with Crippen LogP contribution < -0.4 is 10.6 Å². The number of nitrogens with one attached hydrogen (secondary N) is 2. The molecular formula is C18H28FN5S. The highest BCUT2D eigenvalue weighted by Gasteiger charge is 2.31. The van der Waals surface area contributed by atoms with E-state index in [1.165, 1.54) is 38.3 Å². The third-order valence-electron chi connectivity index (χ3n) is 4.82. The molecule has 138 valence electrons. The molecule has 1 aromatic carbocycles. The molecule has 0 spiro atoms. The molecule has 3 aliphatic heterocycles. The second kappa shape index (κ2) is 9.40. The lowest BCUT2D eigenvalue weighted by molar-refractivity contribution is 0.0154. The predicted octanol–water partition coefficient (Wildman–Crippen LogP) is 1.47. The van der Waals surface area contributed by atoms with E-state index in [1.54, 1.807) is 11.8 Å². The maximum atomic E-state index is 12.9. The van der Waals surface area contributed by atoms with Gasteiger partial charge in [-0.2, -0.15) is 0 Å². The Balaban J connectivity index is 1.29. The lowest BCUT2D eigenvalue weighted by Gasteiger charge is -2.47. The summed E-state index contributed by atoms with van der Waals surface area (Å²) in [5.74, 6) is 1.70. The van der Waals surface area contributed by atoms with Crippen LogP contribution in [0.25, 0.3) is 0 Å². The largest absolute Gasteiger partial charge is 0.356 e. The third-order valence-corrected chi connectivity index (χ3v) is 5.92. The quantitative estimate of drug-likeness (QED) is 0.332. The predicted molar refractivity (Wildman–Crippen MR) is 103 cm³/mol. The first-order valence-electron chi connectivity index (χ1n) is 9.04. The molecule has 25 heavy (non-hydrogen) atoms. The molecule has 0 amide bonds. The molecule has 1 aromatic rings. The molecule has 3 saturated heterocycles. The molecule has 0 aromatic heterocycles. The maximum absolute atomic E-state index is 12.9. The van der Waals surface area contributed by atoms with Gasteiger partial charge in [-0.25, -0.2) is 4.39 Å². The fourth-order valence-corrected chi connectivity index (χ4v) is 4.21. The summed E-state index contributed by atoms with van der Waals surface area (Å²) in [6.07, 6.45) is 1.03. The van der Waals surface area contributed by atoms with Crippen molar-refractivity contribution in [1.82, 2.24) is 20.4 Å². The second-order valence-electron chi connectivity index (χ2n) is 6.53. The summed E-state index contributed by atoms with van der Waals surface area (Å²) < 4.78 is 12.9. The Morgan fingerprint density at radius 2 is 1.96 bits per heavy atom. The Morgan fingerprint density at radius 3 is 2.60 bits per heavy atom. The van der Waals surface area contributed by atoms with Gasteiger partial charge >= 0.3 is 0 Å². The van der Waals surface area contributed by atoms with Crippen molar-refractivity contribution in [2.45, 2.75) is 17.4 Å². The van der Waals surface area contributed by atoms with E-state index in [1.807, 2.05) is 19.2 Å². The summed E-state index contributed by atoms with van der Waals surface area (Å²) in [5.41, 5.74) is 0. The van der Waals surface area contributed by atoms with E-state index in [0.29, 0.717) is 6.04 Å². The number of thioether (sulfide) groups is 1. The Morgan fingerprint density at radius 1 is 1.20 bits per heavy atom. The minimum absolute atomic E-state index is 0.180. The van der Waals surface area contributed by atoms with E-state index in [2.05, 4.69) is 25.4 Å². The average molecular weight is 366 g/mol. The minimum Gasteiger partial charge on any atom is -0.356 e. The number of fused-ring (bicyclic) bond motifs is 3. The lowest BCUT2D eigenvalue weighted by atomic mass is 10.1. The topological polar surface area (TPSA) is 42.9 Å². The third kappa shape index (κ3) is 5.59. The van der Waals surface area contributed by atoms with Crippen LogP contribution in [0, 0.1) is 5.82 Å². The molecule has 7 heteroatoms. The van der Waals surface area contributed by atoms with Gasteiger partial charge in [0.2, 0.25) is 0 Å². The number of aliphatic imine (C=N–C) groups is 1. The fraction of sp³-hybridized carbons (Fsp3) is 0.611. The average Bonchev–Trinajstić information content (AvgIpc) is 2.66. The normalized spacial score (nSPS) is 25.8. The van der Waals surface area contributed by atoms with Gasteiger partial charge in [-0.15, -0.1) is 11.8 Å². The highest BCUT2D eigenvalue weighted by atomic mass is 32.2. The van der Waals surface area contributed by atoms with Crippen molar-refractivity contribution in [2.75, 3.05) is 58.6 Å². The minimum atomic E-state index is -0.180. The number of nitrogens with zero attached hydrogens (tertiary/aromatic N) is 3. The summed E-state index contributed by atoms with van der Waals surface area (Å²) in [6.45, 7) is 7.82. The van der Waals surface area contributed by atoms with Gasteiger partial charge in [0.15, 0.2) is 5.96 Å². The molecule has 3 heterocycles. The zero-order valence-electron chi connectivity index (χ0n) is 14.9. The number of rotatable bonds is 7. The van der Waals surface area contributed by atoms with E-state index in [4.69, 9.17) is 0 Å². The molecule has 3 fully saturated rings. The molecule has 2 N–H and O–H groups in total. The van der Waals surface area contributed by atoms with Gasteiger partial charge in [0, 0.05) is 63.8 Å². The summed E-state index contributed by atoms with van der Waals surface area (Å²) >= 11 is 1.75. The second-order valence-corrected chi connectivity index (χ2v) is 7.69. The first kappa shape index (κ1) is 18.5. The Labute approximate surface area is 154 Å². The summed E-state index contributed by atoms with van der Waals surface area (Å²) in [5, 5.41) is 6.84. The highest BCUT2D eigenvalue weighted by molar-refractivity contribution is 7.99. The van der Waals surface area contributed by atoms with E-state index in [9.17, 15) is 4.39 Å². The van der Waals surface area contributed by atoms with Crippen LogP contribution in [0.2, 0.25) is 0 Å². The zero-order valence-corrected chi connectivity index (χ0v) is 15.7. The molecule has 0 radical (unpaired) electrons. The van der Waals surface area contributed by atoms with Crippen molar-refractivity contribution >= 4 is 17.7 Å². The monoisotopic (exact) mass is 365 g/mol. The van der Waals surface area contributed by atoms with Gasteiger partial charge in [-0.1, -0.05) is 0 Å². The summed E-state index contributed by atoms with van der Waals surface area (Å²) in [6, 6.07) is 7.28. The molecule has 3 aliphatic rings. The van der Waals surface area contributed by atoms with Crippen molar-refractivity contribution < 1.29 is 4.39 Å². The molecule has 5 nitrogen and oxygen atoms in total. The number of hydrogen-bond donors (Lipinski definition) is 2. The molecule has 2 bridgehead atoms. The number of hydrogen-bond acceptors (Lipinski definition) is 4. The zero-order chi connectivity index (χ0) is 17.5. The summed E-state index contributed by atoms with van der Waals surface area (Å²) in [4.78, 5) is 10.6. The van der Waals surface area contributed by atoms with Gasteiger partial charge in [0.05, 0.1) is 0 Å². The molecular weight excluding hydrogens is 337 g/mol. The fourth-order valence-electron chi connectivity index (χ4n) is 3.35. The Hall–Kier alpha value is -1.31. The molecule has 4 rings (SSSR count). The van der Waals surface area contributed by atoms with Gasteiger partial charge in [-0.3, -0.25) is 14.8 Å². The van der Waals surface area contributed by atoms with E-state index < -0.39 is 0 Å². The van der Waals surface area contributed by atoms with Crippen LogP contribution in [-0.4, -0.2) is 80.4 Å². The van der Waals surface area contributed by atoms with E-state index in [0.717, 1.165) is 42.7 Å². The van der Waals surface area contributed by atoms with Crippen LogP contribution in [0.5, 0.6) is 0 Å². The van der Waals surface area contributed by atoms with Crippen LogP contribution >= 0.6 is 11.8 Å². The van der Waals surface area contributed by atoms with Crippen molar-refractivity contribution in [3.05, 3.63) is 30.1 Å². The van der Waals surface area contributed by atoms with Crippen molar-refractivity contribution in [1.29, 1.82) is 0 Å². The number of guanidine groups is 1. The van der Waals surface area contributed by atoms with Crippen LogP contribution in [0.4, 0.5) is 4.39 Å². The van der Waals surface area contributed by atoms with Crippen LogP contribution in [-0.2, 0) is 0 Å². The first-order valence-corrected chi connectivity index (χ1v) is 10.0. The standard InChI is InChI=1S/C18H28FN5S/c1-20-18(22-13-16-14-23-8-10-24(16)11-9-23)21-7-2-12-25-17-5-3-15(19)4-6-17/h3-6,16H,2,7-14H2,1H3,(H2,20,21,22). The van der Waals surface area contributed by atoms with Gasteiger partial charge < -0.3 is 10.6 Å². The van der Waals surface area contributed by atoms with Crippen LogP contribution in [0.1, 0.15) is 6.42 Å². The van der Waals surface area contributed by atoms with E-state index >= 15 is 0 Å². The SMILES string of the molecule is CN=C(NCCCSc1ccc(F)cc1)NCC1CN2CCN1CC2. The van der Waals surface area contributed by atoms with Crippen molar-refractivity contribution in [3.8, 4) is 0 Å². The van der Waals surface area contributed by atoms with Gasteiger partial charge in [0.1, 0.15) is 5.82 Å². The summed E-state index contributed by atoms with van der Waals surface area (Å²) in [7, 11) is 1.82. The lowest BCUT2D eigenvalue weighted by Crippen LogP contribution is -2.63. The molecule has 1 unspecified atom stereocenters. The number of piperazine rings is 3. The molecule has 0 aliphatic carbocycles. The van der Waals surface area contributed by atoms with Crippen LogP contribution in [0.3, 0.4) is 0 Å². The highest BCUT2D eigenvalue weighted by Crippen LogP contribution is 2.18. The number of halogens is 1. The van der Waals surface area contributed by atoms with Gasteiger partial charge in [0.25, 0.3) is 0 Å². The van der Waals surface area contributed by atoms with Crippen molar-refractivity contribution in [3.63, 3.8) is 0 Å². The maximum Gasteiger partial charge on any atom is 0.191 e. The smallest absolute Gasteiger partial charge is 0.191 e. The Kier molecular flexibility index (Phi) is 6.95. The van der Waals surface area contributed by atoms with Crippen LogP contribution in [0.15, 0.2) is 34.2 Å². The number of benzene rings is 1. The Bertz CT molecular complexity index is 557. The molecule has 0 saturated carbocycles.